The first-order valence-electron chi connectivity index (χ1n) is 2.68. The van der Waals surface area contributed by atoms with Crippen LogP contribution in [0.25, 0.3) is 0 Å². The zero-order valence-corrected chi connectivity index (χ0v) is 6.98. The molecule has 1 aromatic rings. The summed E-state index contributed by atoms with van der Waals surface area (Å²) in [7, 11) is 0. The van der Waals surface area contributed by atoms with Crippen molar-refractivity contribution >= 4 is 28.9 Å². The highest BCUT2D eigenvalue weighted by molar-refractivity contribution is 7.17. The Bertz CT molecular complexity index is 284. The van der Waals surface area contributed by atoms with E-state index in [0.717, 1.165) is 17.4 Å². The summed E-state index contributed by atoms with van der Waals surface area (Å²) in [6.07, 6.45) is 2.48. The van der Waals surface area contributed by atoms with Crippen LogP contribution in [0.3, 0.4) is 0 Å². The molecule has 5 heteroatoms. The Morgan fingerprint density at radius 2 is 2.64 bits per heavy atom. The van der Waals surface area contributed by atoms with E-state index in [1.165, 1.54) is 6.20 Å². The van der Waals surface area contributed by atoms with E-state index in [-0.39, 0.29) is 5.19 Å². The molecule has 0 aliphatic carbocycles. The second-order valence-electron chi connectivity index (χ2n) is 1.56. The van der Waals surface area contributed by atoms with Crippen LogP contribution in [0.15, 0.2) is 18.9 Å². The van der Waals surface area contributed by atoms with Gasteiger partial charge in [-0.05, 0) is 0 Å². The molecule has 11 heavy (non-hydrogen) atoms. The highest BCUT2D eigenvalue weighted by Gasteiger charge is 2.03. The summed E-state index contributed by atoms with van der Waals surface area (Å²) in [5.41, 5.74) is 0. The Balaban J connectivity index is 2.64. The number of halogens is 1. The van der Waals surface area contributed by atoms with Crippen molar-refractivity contribution in [2.24, 2.45) is 0 Å². The molecular weight excluding hydrogens is 186 g/mol. The summed E-state index contributed by atoms with van der Waals surface area (Å²) in [5.74, 6) is -0.531. The molecule has 0 aromatic carbocycles. The second kappa shape index (κ2) is 3.50. The predicted molar refractivity (Wildman–Crippen MR) is 43.0 cm³/mol. The maximum Gasteiger partial charge on any atom is 0.337 e. The van der Waals surface area contributed by atoms with Crippen LogP contribution in [0.2, 0.25) is 4.34 Å². The lowest BCUT2D eigenvalue weighted by atomic mass is 10.7. The first-order valence-corrected chi connectivity index (χ1v) is 3.87. The number of carbonyl (C=O) groups excluding carboxylic acids is 1. The second-order valence-corrected chi connectivity index (χ2v) is 3.18. The number of hydrogen-bond acceptors (Lipinski definition) is 4. The van der Waals surface area contributed by atoms with Crippen LogP contribution >= 0.6 is 22.9 Å². The molecule has 1 aromatic heterocycles. The van der Waals surface area contributed by atoms with Crippen molar-refractivity contribution in [1.82, 2.24) is 4.98 Å². The smallest absolute Gasteiger partial charge is 0.337 e. The normalized spacial score (nSPS) is 9.18. The van der Waals surface area contributed by atoms with Crippen LogP contribution in [0.5, 0.6) is 5.19 Å². The Morgan fingerprint density at radius 3 is 3.09 bits per heavy atom. The van der Waals surface area contributed by atoms with Crippen LogP contribution < -0.4 is 4.74 Å². The molecule has 0 unspecified atom stereocenters. The Kier molecular flexibility index (Phi) is 2.62. The predicted octanol–water partition coefficient (Wildman–Crippen LogP) is 1.89. The summed E-state index contributed by atoms with van der Waals surface area (Å²) >= 11 is 6.62. The van der Waals surface area contributed by atoms with Crippen LogP contribution in [-0.2, 0) is 4.79 Å². The van der Waals surface area contributed by atoms with E-state index in [2.05, 4.69) is 16.3 Å². The number of nitrogens with zero attached hydrogens (tertiary/aromatic N) is 1. The van der Waals surface area contributed by atoms with E-state index in [9.17, 15) is 4.79 Å². The lowest BCUT2D eigenvalue weighted by Crippen LogP contribution is -2.02. The number of hydrogen-bond donors (Lipinski definition) is 0. The van der Waals surface area contributed by atoms with Crippen LogP contribution in [-0.4, -0.2) is 11.0 Å². The largest absolute Gasteiger partial charge is 0.395 e. The third-order valence-electron chi connectivity index (χ3n) is 0.811. The first-order chi connectivity index (χ1) is 5.22. The third kappa shape index (κ3) is 2.32. The van der Waals surface area contributed by atoms with Gasteiger partial charge in [-0.25, -0.2) is 9.78 Å². The van der Waals surface area contributed by atoms with Crippen LogP contribution in [0.1, 0.15) is 0 Å². The first kappa shape index (κ1) is 8.23. The van der Waals surface area contributed by atoms with Gasteiger partial charge in [-0.1, -0.05) is 29.5 Å². The zero-order chi connectivity index (χ0) is 8.27. The third-order valence-corrected chi connectivity index (χ3v) is 1.80. The molecule has 3 nitrogen and oxygen atoms in total. The molecule has 58 valence electrons. The number of carbonyl (C=O) groups is 1. The van der Waals surface area contributed by atoms with Gasteiger partial charge >= 0.3 is 5.97 Å². The minimum atomic E-state index is -0.531. The number of thiazole rings is 1. The van der Waals surface area contributed by atoms with Gasteiger partial charge in [0, 0.05) is 6.08 Å². The van der Waals surface area contributed by atoms with Crippen LogP contribution in [0.4, 0.5) is 0 Å². The highest BCUT2D eigenvalue weighted by atomic mass is 35.5. The summed E-state index contributed by atoms with van der Waals surface area (Å²) in [6.45, 7) is 3.23. The van der Waals surface area contributed by atoms with Gasteiger partial charge in [0.05, 0.1) is 6.20 Å². The maximum absolute atomic E-state index is 10.6. The number of esters is 1. The molecular formula is C6H4ClNO2S. The molecule has 0 amide bonds. The van der Waals surface area contributed by atoms with Crippen molar-refractivity contribution in [3.8, 4) is 5.19 Å². The topological polar surface area (TPSA) is 39.2 Å². The van der Waals surface area contributed by atoms with Crippen molar-refractivity contribution in [1.29, 1.82) is 0 Å². The monoisotopic (exact) mass is 189 g/mol. The van der Waals surface area contributed by atoms with Gasteiger partial charge < -0.3 is 4.74 Å². The maximum atomic E-state index is 10.6. The molecule has 0 atom stereocenters. The standard InChI is InChI=1S/C6H4ClNO2S/c1-2-5(9)10-6-8-3-4(7)11-6/h2-3H,1H2. The number of ether oxygens (including phenoxy) is 1. The minimum absolute atomic E-state index is 0.236. The van der Waals surface area contributed by atoms with Gasteiger partial charge in [-0.3, -0.25) is 0 Å². The van der Waals surface area contributed by atoms with E-state index in [1.807, 2.05) is 0 Å². The minimum Gasteiger partial charge on any atom is -0.395 e. The van der Waals surface area contributed by atoms with Gasteiger partial charge in [0.2, 0.25) is 0 Å². The van der Waals surface area contributed by atoms with Crippen molar-refractivity contribution < 1.29 is 9.53 Å². The molecule has 0 saturated heterocycles. The Morgan fingerprint density at radius 1 is 1.91 bits per heavy atom. The Labute approximate surface area is 72.3 Å². The van der Waals surface area contributed by atoms with Gasteiger partial charge in [-0.2, -0.15) is 0 Å². The summed E-state index contributed by atoms with van der Waals surface area (Å²) in [6, 6.07) is 0. The molecule has 0 aliphatic heterocycles. The summed E-state index contributed by atoms with van der Waals surface area (Å²) in [5, 5.41) is 0.236. The van der Waals surface area contributed by atoms with E-state index >= 15 is 0 Å². The average molecular weight is 190 g/mol. The molecule has 0 bridgehead atoms. The van der Waals surface area contributed by atoms with Crippen molar-refractivity contribution in [2.45, 2.75) is 0 Å². The Hall–Kier alpha value is -0.870. The molecule has 0 saturated carbocycles. The lowest BCUT2D eigenvalue weighted by Gasteiger charge is -1.91. The van der Waals surface area contributed by atoms with Gasteiger partial charge in [0.15, 0.2) is 0 Å². The number of rotatable bonds is 2. The van der Waals surface area contributed by atoms with Crippen molar-refractivity contribution in [2.75, 3.05) is 0 Å². The molecule has 1 heterocycles. The van der Waals surface area contributed by atoms with Gasteiger partial charge in [-0.15, -0.1) is 0 Å². The molecule has 0 radical (unpaired) electrons. The average Bonchev–Trinajstić information content (AvgIpc) is 2.35. The fourth-order valence-corrected chi connectivity index (χ4v) is 1.16. The quantitative estimate of drug-likeness (QED) is 0.527. The summed E-state index contributed by atoms with van der Waals surface area (Å²) < 4.78 is 5.13. The summed E-state index contributed by atoms with van der Waals surface area (Å²) in [4.78, 5) is 14.3. The van der Waals surface area contributed by atoms with Crippen molar-refractivity contribution in [3.63, 3.8) is 0 Å². The number of aromatic nitrogens is 1. The fourth-order valence-electron chi connectivity index (χ4n) is 0.414. The molecule has 0 aliphatic rings. The van der Waals surface area contributed by atoms with Crippen molar-refractivity contribution in [3.05, 3.63) is 23.2 Å². The SMILES string of the molecule is C=CC(=O)Oc1ncc(Cl)s1. The van der Waals surface area contributed by atoms with Gasteiger partial charge in [0.1, 0.15) is 4.34 Å². The highest BCUT2D eigenvalue weighted by Crippen LogP contribution is 2.24. The molecule has 0 fully saturated rings. The van der Waals surface area contributed by atoms with Gasteiger partial charge in [0.25, 0.3) is 5.19 Å². The lowest BCUT2D eigenvalue weighted by molar-refractivity contribution is -0.128. The fraction of sp³-hybridized carbons (Fsp3) is 0. The molecule has 0 spiro atoms. The van der Waals surface area contributed by atoms with Crippen LogP contribution in [0, 0.1) is 0 Å². The van der Waals surface area contributed by atoms with E-state index in [1.54, 1.807) is 0 Å². The van der Waals surface area contributed by atoms with E-state index in [0.29, 0.717) is 4.34 Å². The van der Waals surface area contributed by atoms with E-state index in [4.69, 9.17) is 11.6 Å². The molecule has 1 rings (SSSR count). The van der Waals surface area contributed by atoms with E-state index < -0.39 is 5.97 Å². The molecule has 0 N–H and O–H groups in total. The zero-order valence-electron chi connectivity index (χ0n) is 5.41.